The van der Waals surface area contributed by atoms with Crippen molar-refractivity contribution in [3.63, 3.8) is 0 Å². The van der Waals surface area contributed by atoms with E-state index in [2.05, 4.69) is 106 Å². The van der Waals surface area contributed by atoms with Gasteiger partial charge in [-0.3, -0.25) is 9.02 Å². The molecule has 0 spiro atoms. The van der Waals surface area contributed by atoms with Crippen LogP contribution < -0.4 is 0 Å². The molecule has 0 N–H and O–H groups in total. The van der Waals surface area contributed by atoms with Gasteiger partial charge in [-0.25, -0.2) is 0 Å². The topological polar surface area (TPSA) is 92.8 Å². The van der Waals surface area contributed by atoms with Crippen molar-refractivity contribution in [1.29, 1.82) is 0 Å². The fraction of sp³-hybridized carbons (Fsp3) is 0.833. The van der Waals surface area contributed by atoms with E-state index in [0.29, 0.717) is 12.5 Å². The third-order valence-electron chi connectivity index (χ3n) is 11.5. The van der Waals surface area contributed by atoms with Crippen molar-refractivity contribution >= 4 is 27.0 Å². The van der Waals surface area contributed by atoms with Crippen LogP contribution in [0.2, 0.25) is 28.2 Å². The first kappa shape index (κ1) is 38.6. The lowest BCUT2D eigenvalue weighted by atomic mass is 9.81. The van der Waals surface area contributed by atoms with E-state index in [1.165, 1.54) is 12.0 Å². The second kappa shape index (κ2) is 13.7. The molecule has 0 radical (unpaired) electrons. The highest BCUT2D eigenvalue weighted by atomic mass is 32.2. The van der Waals surface area contributed by atoms with Crippen LogP contribution >= 0.6 is 0 Å². The predicted molar refractivity (Wildman–Crippen MR) is 194 cm³/mol. The first-order valence-corrected chi connectivity index (χ1v) is 24.6. The Labute approximate surface area is 293 Å². The Balaban J connectivity index is 1.49. The minimum Gasteiger partial charge on any atom is -0.414 e. The number of hydroxylamine groups is 2. The van der Waals surface area contributed by atoms with Crippen molar-refractivity contribution < 1.29 is 35.5 Å². The maximum atomic E-state index is 12.8. The van der Waals surface area contributed by atoms with Crippen molar-refractivity contribution in [1.82, 2.24) is 5.06 Å². The molecule has 4 fully saturated rings. The highest BCUT2D eigenvalue weighted by Gasteiger charge is 2.69. The fourth-order valence-corrected chi connectivity index (χ4v) is 14.9. The lowest BCUT2D eigenvalue weighted by molar-refractivity contribution is -0.232. The smallest absolute Gasteiger partial charge is 0.350 e. The van der Waals surface area contributed by atoms with Gasteiger partial charge in [0.15, 0.2) is 8.32 Å². The Bertz CT molecular complexity index is 1340. The molecule has 5 rings (SSSR count). The van der Waals surface area contributed by atoms with Gasteiger partial charge in [0, 0.05) is 22.4 Å². The Kier molecular flexibility index (Phi) is 11.0. The highest BCUT2D eigenvalue weighted by molar-refractivity contribution is 7.86. The molecule has 3 saturated heterocycles. The molecule has 48 heavy (non-hydrogen) atoms. The van der Waals surface area contributed by atoms with Gasteiger partial charge in [-0.05, 0) is 36.5 Å². The maximum absolute atomic E-state index is 12.8. The molecule has 1 aromatic rings. The van der Waals surface area contributed by atoms with Crippen LogP contribution in [0.1, 0.15) is 106 Å². The molecule has 3 heterocycles. The fourth-order valence-electron chi connectivity index (χ4n) is 8.27. The number of hydrogen-bond acceptors (Lipinski definition) is 9. The zero-order chi connectivity index (χ0) is 35.5. The minimum absolute atomic E-state index is 0.0568. The monoisotopic (exact) mass is 725 g/mol. The second-order valence-electron chi connectivity index (χ2n) is 18.3. The summed E-state index contributed by atoms with van der Waals surface area (Å²) in [4.78, 5) is 6.80. The van der Waals surface area contributed by atoms with E-state index in [4.69, 9.17) is 27.0 Å². The molecule has 1 unspecified atom stereocenters. The van der Waals surface area contributed by atoms with Crippen molar-refractivity contribution in [2.75, 3.05) is 19.4 Å². The van der Waals surface area contributed by atoms with Crippen LogP contribution in [0.4, 0.5) is 0 Å². The first-order valence-electron chi connectivity index (χ1n) is 18.0. The van der Waals surface area contributed by atoms with Crippen LogP contribution in [0, 0.1) is 0 Å². The summed E-state index contributed by atoms with van der Waals surface area (Å²) in [6, 6.07) is 10.5. The predicted octanol–water partition coefficient (Wildman–Crippen LogP) is 7.68. The SMILES string of the molecule is CC(C)(C)[Si](C)(C)OC[C@H](OS(C)(=O)=O)[C@@H]1ON2C[C@@H](OC3CCCC[C@@H]3c3ccccc3)C[C@@H]3O[Si](C(C)(C)C)(C(C)(C)C)O[C@@H]1[C@@H]32. The number of rotatable bonds is 9. The Morgan fingerprint density at radius 2 is 1.58 bits per heavy atom. The molecule has 1 aromatic carbocycles. The van der Waals surface area contributed by atoms with Gasteiger partial charge in [0.25, 0.3) is 10.1 Å². The summed E-state index contributed by atoms with van der Waals surface area (Å²) < 4.78 is 59.7. The van der Waals surface area contributed by atoms with Crippen LogP contribution in [0.25, 0.3) is 0 Å². The maximum Gasteiger partial charge on any atom is 0.350 e. The summed E-state index contributed by atoms with van der Waals surface area (Å²) in [5.41, 5.74) is 1.34. The molecule has 4 aliphatic rings. The molecule has 1 saturated carbocycles. The summed E-state index contributed by atoms with van der Waals surface area (Å²) in [6.07, 6.45) is 4.12. The molecule has 274 valence electrons. The number of hydrogen-bond donors (Lipinski definition) is 0. The van der Waals surface area contributed by atoms with Crippen molar-refractivity contribution in [2.24, 2.45) is 0 Å². The number of piperidine rings is 1. The van der Waals surface area contributed by atoms with Crippen molar-refractivity contribution in [3.05, 3.63) is 35.9 Å². The van der Waals surface area contributed by atoms with Gasteiger partial charge < -0.3 is 18.0 Å². The summed E-state index contributed by atoms with van der Waals surface area (Å²) in [5.74, 6) is 0.353. The average molecular weight is 726 g/mol. The van der Waals surface area contributed by atoms with Gasteiger partial charge in [0.05, 0.1) is 49.9 Å². The first-order chi connectivity index (χ1) is 22.0. The van der Waals surface area contributed by atoms with E-state index in [1.807, 2.05) is 5.06 Å². The van der Waals surface area contributed by atoms with Crippen LogP contribution in [0.15, 0.2) is 30.3 Å². The molecule has 1 aliphatic carbocycles. The van der Waals surface area contributed by atoms with Gasteiger partial charge in [-0.2, -0.15) is 13.5 Å². The van der Waals surface area contributed by atoms with E-state index in [0.717, 1.165) is 31.9 Å². The standard InChI is InChI=1S/C36H63NO8SSi2/c1-34(2,3)47(11,12)40-24-30(43-46(10,38)39)32-33-31-29(44-48(45-33,35(4,5)6)36(7,8)9)22-26(23-37(31)42-32)41-28-21-17-16-20-27(28)25-18-14-13-15-19-25/h13-15,18-19,26-33H,16-17,20-24H2,1-12H3/t26-,27+,28?,29-,30-,31+,32-,33+/m0/s1. The largest absolute Gasteiger partial charge is 0.414 e. The Morgan fingerprint density at radius 3 is 2.17 bits per heavy atom. The molecule has 0 amide bonds. The highest BCUT2D eigenvalue weighted by Crippen LogP contribution is 2.58. The second-order valence-corrected chi connectivity index (χ2v) is 29.4. The Morgan fingerprint density at radius 1 is 0.958 bits per heavy atom. The molecule has 3 aliphatic heterocycles. The van der Waals surface area contributed by atoms with E-state index in [9.17, 15) is 8.42 Å². The number of nitrogens with zero attached hydrogens (tertiary/aromatic N) is 1. The summed E-state index contributed by atoms with van der Waals surface area (Å²) in [6.45, 7) is 24.8. The van der Waals surface area contributed by atoms with E-state index in [-0.39, 0.29) is 46.1 Å². The lowest BCUT2D eigenvalue weighted by Gasteiger charge is -2.58. The summed E-state index contributed by atoms with van der Waals surface area (Å²) >= 11 is 0. The average Bonchev–Trinajstić information content (AvgIpc) is 3.32. The van der Waals surface area contributed by atoms with Gasteiger partial charge in [-0.15, -0.1) is 0 Å². The minimum atomic E-state index is -3.84. The number of ether oxygens (including phenoxy) is 1. The molecule has 9 nitrogen and oxygen atoms in total. The third kappa shape index (κ3) is 7.88. The molecule has 0 aromatic heterocycles. The van der Waals surface area contributed by atoms with Crippen molar-refractivity contribution in [2.45, 2.75) is 171 Å². The number of benzene rings is 1. The quantitative estimate of drug-likeness (QED) is 0.188. The molecule has 0 bridgehead atoms. The van der Waals surface area contributed by atoms with Gasteiger partial charge in [0.2, 0.25) is 0 Å². The van der Waals surface area contributed by atoms with Crippen LogP contribution in [-0.4, -0.2) is 92.4 Å². The molecule has 8 atom stereocenters. The zero-order valence-electron chi connectivity index (χ0n) is 31.6. The Hall–Kier alpha value is -0.676. The lowest BCUT2D eigenvalue weighted by Crippen LogP contribution is -2.71. The van der Waals surface area contributed by atoms with Gasteiger partial charge >= 0.3 is 8.56 Å². The van der Waals surface area contributed by atoms with E-state index >= 15 is 0 Å². The third-order valence-corrected chi connectivity index (χ3v) is 21.8. The normalized spacial score (nSPS) is 32.5. The summed E-state index contributed by atoms with van der Waals surface area (Å²) in [7, 11) is -9.11. The van der Waals surface area contributed by atoms with Crippen LogP contribution in [-0.2, 0) is 37.2 Å². The van der Waals surface area contributed by atoms with Crippen LogP contribution in [0.5, 0.6) is 0 Å². The van der Waals surface area contributed by atoms with E-state index < -0.39 is 45.3 Å². The zero-order valence-corrected chi connectivity index (χ0v) is 34.4. The van der Waals surface area contributed by atoms with E-state index in [1.54, 1.807) is 0 Å². The molecular formula is C36H63NO8SSi2. The molecule has 12 heteroatoms. The van der Waals surface area contributed by atoms with Crippen molar-refractivity contribution in [3.8, 4) is 0 Å². The van der Waals surface area contributed by atoms with Gasteiger partial charge in [-0.1, -0.05) is 105 Å². The summed E-state index contributed by atoms with van der Waals surface area (Å²) in [5, 5.41) is 1.35. The van der Waals surface area contributed by atoms with Gasteiger partial charge in [0.1, 0.15) is 12.2 Å². The molecular weight excluding hydrogens is 663 g/mol. The van der Waals surface area contributed by atoms with Crippen LogP contribution in [0.3, 0.4) is 0 Å².